The Balaban J connectivity index is 1.95. The summed E-state index contributed by atoms with van der Waals surface area (Å²) in [5.74, 6) is 0.456. The molecule has 2 aromatic rings. The van der Waals surface area contributed by atoms with Crippen molar-refractivity contribution in [3.05, 3.63) is 40.7 Å². The van der Waals surface area contributed by atoms with Crippen LogP contribution in [-0.4, -0.2) is 27.7 Å². The maximum atomic E-state index is 11.1. The van der Waals surface area contributed by atoms with Crippen molar-refractivity contribution >= 4 is 22.1 Å². The SMILES string of the molecule is O=[N+]([O-])c1ccc(NC2CCCC2CCO)c2ccncc12. The fraction of sp³-hybridized carbons (Fsp3) is 0.438. The van der Waals surface area contributed by atoms with Crippen molar-refractivity contribution in [2.75, 3.05) is 11.9 Å². The summed E-state index contributed by atoms with van der Waals surface area (Å²) in [5.41, 5.74) is 0.977. The first-order valence-electron chi connectivity index (χ1n) is 7.59. The van der Waals surface area contributed by atoms with Crippen LogP contribution in [0.3, 0.4) is 0 Å². The normalized spacial score (nSPS) is 21.1. The number of hydrogen-bond acceptors (Lipinski definition) is 5. The summed E-state index contributed by atoms with van der Waals surface area (Å²) in [7, 11) is 0. The third-order valence-corrected chi connectivity index (χ3v) is 4.49. The van der Waals surface area contributed by atoms with Gasteiger partial charge in [-0.15, -0.1) is 0 Å². The van der Waals surface area contributed by atoms with Crippen LogP contribution in [0, 0.1) is 16.0 Å². The van der Waals surface area contributed by atoms with Gasteiger partial charge in [0.1, 0.15) is 0 Å². The lowest BCUT2D eigenvalue weighted by atomic mass is 9.99. The highest BCUT2D eigenvalue weighted by atomic mass is 16.6. The van der Waals surface area contributed by atoms with E-state index in [2.05, 4.69) is 10.3 Å². The number of nitrogens with zero attached hydrogens (tertiary/aromatic N) is 2. The lowest BCUT2D eigenvalue weighted by Crippen LogP contribution is -2.24. The average molecular weight is 301 g/mol. The van der Waals surface area contributed by atoms with E-state index in [9.17, 15) is 10.1 Å². The van der Waals surface area contributed by atoms with E-state index in [4.69, 9.17) is 5.11 Å². The number of benzene rings is 1. The largest absolute Gasteiger partial charge is 0.396 e. The van der Waals surface area contributed by atoms with Gasteiger partial charge in [-0.2, -0.15) is 0 Å². The fourth-order valence-corrected chi connectivity index (χ4v) is 3.40. The highest BCUT2D eigenvalue weighted by Crippen LogP contribution is 2.35. The van der Waals surface area contributed by atoms with E-state index in [1.54, 1.807) is 24.5 Å². The smallest absolute Gasteiger partial charge is 0.278 e. The second-order valence-electron chi connectivity index (χ2n) is 5.76. The zero-order valence-corrected chi connectivity index (χ0v) is 12.2. The molecule has 1 aliphatic rings. The van der Waals surface area contributed by atoms with Crippen LogP contribution < -0.4 is 5.32 Å². The molecular weight excluding hydrogens is 282 g/mol. The highest BCUT2D eigenvalue weighted by Gasteiger charge is 2.27. The molecule has 0 amide bonds. The molecule has 3 rings (SSSR count). The Bertz CT molecular complexity index is 689. The van der Waals surface area contributed by atoms with Crippen LogP contribution in [0.1, 0.15) is 25.7 Å². The molecular formula is C16H19N3O3. The van der Waals surface area contributed by atoms with Gasteiger partial charge >= 0.3 is 0 Å². The number of aliphatic hydroxyl groups is 1. The Kier molecular flexibility index (Phi) is 4.20. The first kappa shape index (κ1) is 14.7. The van der Waals surface area contributed by atoms with Gasteiger partial charge in [0, 0.05) is 42.2 Å². The molecule has 116 valence electrons. The molecule has 1 fully saturated rings. The Labute approximate surface area is 128 Å². The molecule has 6 nitrogen and oxygen atoms in total. The van der Waals surface area contributed by atoms with Crippen LogP contribution in [0.2, 0.25) is 0 Å². The van der Waals surface area contributed by atoms with E-state index in [0.29, 0.717) is 17.3 Å². The molecule has 0 bridgehead atoms. The number of fused-ring (bicyclic) bond motifs is 1. The van der Waals surface area contributed by atoms with Crippen LogP contribution in [0.4, 0.5) is 11.4 Å². The molecule has 2 N–H and O–H groups in total. The molecule has 1 aromatic heterocycles. The molecule has 0 spiro atoms. The summed E-state index contributed by atoms with van der Waals surface area (Å²) in [6.45, 7) is 0.202. The van der Waals surface area contributed by atoms with Gasteiger partial charge < -0.3 is 10.4 Å². The number of aromatic nitrogens is 1. The van der Waals surface area contributed by atoms with Crippen LogP contribution >= 0.6 is 0 Å². The first-order chi connectivity index (χ1) is 10.7. The molecule has 1 aliphatic carbocycles. The second-order valence-corrected chi connectivity index (χ2v) is 5.76. The summed E-state index contributed by atoms with van der Waals surface area (Å²) >= 11 is 0. The van der Waals surface area contributed by atoms with Crippen molar-refractivity contribution in [2.45, 2.75) is 31.7 Å². The number of nitrogens with one attached hydrogen (secondary N) is 1. The van der Waals surface area contributed by atoms with E-state index < -0.39 is 0 Å². The molecule has 22 heavy (non-hydrogen) atoms. The number of non-ortho nitro benzene ring substituents is 1. The van der Waals surface area contributed by atoms with E-state index in [0.717, 1.165) is 36.8 Å². The average Bonchev–Trinajstić information content (AvgIpc) is 2.95. The Morgan fingerprint density at radius 3 is 2.95 bits per heavy atom. The van der Waals surface area contributed by atoms with Crippen molar-refractivity contribution in [1.29, 1.82) is 0 Å². The van der Waals surface area contributed by atoms with Gasteiger partial charge in [-0.05, 0) is 37.3 Å². The van der Waals surface area contributed by atoms with Crippen molar-refractivity contribution in [3.63, 3.8) is 0 Å². The maximum Gasteiger partial charge on any atom is 0.278 e. The van der Waals surface area contributed by atoms with Crippen LogP contribution in [-0.2, 0) is 0 Å². The number of pyridine rings is 1. The zero-order valence-electron chi connectivity index (χ0n) is 12.2. The minimum absolute atomic E-state index is 0.0759. The first-order valence-corrected chi connectivity index (χ1v) is 7.59. The van der Waals surface area contributed by atoms with E-state index >= 15 is 0 Å². The molecule has 1 aromatic carbocycles. The summed E-state index contributed by atoms with van der Waals surface area (Å²) in [6.07, 6.45) is 7.31. The number of nitro benzene ring substituents is 1. The van der Waals surface area contributed by atoms with Gasteiger partial charge in [-0.1, -0.05) is 6.42 Å². The predicted molar refractivity (Wildman–Crippen MR) is 84.9 cm³/mol. The number of hydrogen-bond donors (Lipinski definition) is 2. The Hall–Kier alpha value is -2.21. The molecule has 0 aliphatic heterocycles. The maximum absolute atomic E-state index is 11.1. The predicted octanol–water partition coefficient (Wildman–Crippen LogP) is 3.11. The van der Waals surface area contributed by atoms with Gasteiger partial charge in [-0.3, -0.25) is 15.1 Å². The van der Waals surface area contributed by atoms with Crippen LogP contribution in [0.25, 0.3) is 10.8 Å². The second kappa shape index (κ2) is 6.27. The van der Waals surface area contributed by atoms with Gasteiger partial charge in [-0.25, -0.2) is 0 Å². The van der Waals surface area contributed by atoms with Crippen molar-refractivity contribution in [2.24, 2.45) is 5.92 Å². The number of anilines is 1. The van der Waals surface area contributed by atoms with Gasteiger partial charge in [0.2, 0.25) is 0 Å². The molecule has 6 heteroatoms. The van der Waals surface area contributed by atoms with Crippen LogP contribution in [0.5, 0.6) is 0 Å². The van der Waals surface area contributed by atoms with Gasteiger partial charge in [0.05, 0.1) is 10.3 Å². The molecule has 1 heterocycles. The monoisotopic (exact) mass is 301 g/mol. The van der Waals surface area contributed by atoms with Gasteiger partial charge in [0.15, 0.2) is 0 Å². The number of rotatable bonds is 5. The minimum Gasteiger partial charge on any atom is -0.396 e. The van der Waals surface area contributed by atoms with Crippen molar-refractivity contribution in [1.82, 2.24) is 4.98 Å². The van der Waals surface area contributed by atoms with Gasteiger partial charge in [0.25, 0.3) is 5.69 Å². The molecule has 1 saturated carbocycles. The summed E-state index contributed by atoms with van der Waals surface area (Å²) in [4.78, 5) is 14.8. The number of nitro groups is 1. The Morgan fingerprint density at radius 2 is 2.18 bits per heavy atom. The molecule has 0 radical (unpaired) electrons. The molecule has 2 unspecified atom stereocenters. The lowest BCUT2D eigenvalue weighted by Gasteiger charge is -2.22. The summed E-state index contributed by atoms with van der Waals surface area (Å²) < 4.78 is 0. The zero-order chi connectivity index (χ0) is 15.5. The summed E-state index contributed by atoms with van der Waals surface area (Å²) in [5, 5.41) is 25.2. The Morgan fingerprint density at radius 1 is 1.32 bits per heavy atom. The summed E-state index contributed by atoms with van der Waals surface area (Å²) in [6, 6.07) is 5.42. The quantitative estimate of drug-likeness (QED) is 0.654. The standard InChI is InChI=1S/C16H19N3O3/c20-9-7-11-2-1-3-14(11)18-15-4-5-16(19(21)22)13-10-17-8-6-12(13)15/h4-6,8,10-11,14,18,20H,1-3,7,9H2. The molecule has 0 saturated heterocycles. The van der Waals surface area contributed by atoms with E-state index in [1.807, 2.05) is 0 Å². The lowest BCUT2D eigenvalue weighted by molar-refractivity contribution is -0.383. The van der Waals surface area contributed by atoms with Crippen LogP contribution in [0.15, 0.2) is 30.6 Å². The third-order valence-electron chi connectivity index (χ3n) is 4.49. The van der Waals surface area contributed by atoms with E-state index in [1.165, 1.54) is 6.07 Å². The minimum atomic E-state index is -0.377. The van der Waals surface area contributed by atoms with E-state index in [-0.39, 0.29) is 17.2 Å². The fourth-order valence-electron chi connectivity index (χ4n) is 3.40. The topological polar surface area (TPSA) is 88.3 Å². The van der Waals surface area contributed by atoms with Crippen molar-refractivity contribution in [3.8, 4) is 0 Å². The van der Waals surface area contributed by atoms with Crippen molar-refractivity contribution < 1.29 is 10.0 Å². The third kappa shape index (κ3) is 2.74. The number of aliphatic hydroxyl groups excluding tert-OH is 1. The molecule has 2 atom stereocenters. The highest BCUT2D eigenvalue weighted by molar-refractivity contribution is 5.99.